The van der Waals surface area contributed by atoms with E-state index in [1.807, 2.05) is 37.3 Å². The first kappa shape index (κ1) is 14.3. The highest BCUT2D eigenvalue weighted by atomic mass is 79.9. The normalized spacial score (nSPS) is 10.5. The molecule has 19 heavy (non-hydrogen) atoms. The Labute approximate surface area is 125 Å². The van der Waals surface area contributed by atoms with E-state index >= 15 is 0 Å². The number of ketones is 1. The van der Waals surface area contributed by atoms with Gasteiger partial charge in [0.2, 0.25) is 5.78 Å². The van der Waals surface area contributed by atoms with Crippen LogP contribution in [-0.2, 0) is 6.42 Å². The fourth-order valence-corrected chi connectivity index (χ4v) is 3.20. The highest BCUT2D eigenvalue weighted by Gasteiger charge is 2.15. The van der Waals surface area contributed by atoms with Crippen LogP contribution in [0.25, 0.3) is 0 Å². The van der Waals surface area contributed by atoms with E-state index in [2.05, 4.69) is 22.9 Å². The van der Waals surface area contributed by atoms with Gasteiger partial charge in [0, 0.05) is 14.9 Å². The van der Waals surface area contributed by atoms with E-state index in [-0.39, 0.29) is 5.78 Å². The van der Waals surface area contributed by atoms with Crippen molar-refractivity contribution in [2.75, 3.05) is 6.61 Å². The molecule has 4 heteroatoms. The van der Waals surface area contributed by atoms with Gasteiger partial charge in [0.15, 0.2) is 0 Å². The molecule has 0 spiro atoms. The molecular weight excluding hydrogens is 324 g/mol. The minimum absolute atomic E-state index is 0.0552. The van der Waals surface area contributed by atoms with Crippen molar-refractivity contribution in [2.24, 2.45) is 0 Å². The van der Waals surface area contributed by atoms with Crippen molar-refractivity contribution in [3.05, 3.63) is 50.1 Å². The summed E-state index contributed by atoms with van der Waals surface area (Å²) in [6.45, 7) is 4.64. The first-order chi connectivity index (χ1) is 9.15. The Morgan fingerprint density at radius 1 is 1.26 bits per heavy atom. The third kappa shape index (κ3) is 3.25. The third-order valence-electron chi connectivity index (χ3n) is 2.73. The number of hydrogen-bond donors (Lipinski definition) is 0. The third-order valence-corrected chi connectivity index (χ3v) is 4.61. The van der Waals surface area contributed by atoms with Crippen LogP contribution in [0.3, 0.4) is 0 Å². The van der Waals surface area contributed by atoms with Gasteiger partial charge in [0.25, 0.3) is 0 Å². The molecule has 0 fully saturated rings. The van der Waals surface area contributed by atoms with E-state index in [1.54, 1.807) is 11.3 Å². The summed E-state index contributed by atoms with van der Waals surface area (Å²) in [5, 5.41) is 0. The van der Waals surface area contributed by atoms with Crippen molar-refractivity contribution in [2.45, 2.75) is 20.3 Å². The summed E-state index contributed by atoms with van der Waals surface area (Å²) in [6.07, 6.45) is 0.961. The molecule has 100 valence electrons. The molecular formula is C15H15BrO2S. The number of thiophene rings is 1. The lowest BCUT2D eigenvalue weighted by atomic mass is 10.1. The van der Waals surface area contributed by atoms with E-state index in [0.29, 0.717) is 12.2 Å². The molecule has 0 saturated heterocycles. The fourth-order valence-electron chi connectivity index (χ4n) is 1.76. The Kier molecular flexibility index (Phi) is 4.77. The van der Waals surface area contributed by atoms with Crippen LogP contribution in [-0.4, -0.2) is 12.4 Å². The molecule has 2 aromatic rings. The second-order valence-corrected chi connectivity index (χ2v) is 6.05. The van der Waals surface area contributed by atoms with E-state index in [4.69, 9.17) is 4.74 Å². The average molecular weight is 339 g/mol. The maximum atomic E-state index is 12.4. The van der Waals surface area contributed by atoms with Gasteiger partial charge in [0.1, 0.15) is 5.75 Å². The lowest BCUT2D eigenvalue weighted by Gasteiger charge is -2.06. The van der Waals surface area contributed by atoms with E-state index in [1.165, 1.54) is 4.88 Å². The topological polar surface area (TPSA) is 26.3 Å². The molecule has 2 rings (SSSR count). The first-order valence-corrected chi connectivity index (χ1v) is 7.82. The van der Waals surface area contributed by atoms with Gasteiger partial charge in [0.05, 0.1) is 11.5 Å². The summed E-state index contributed by atoms with van der Waals surface area (Å²) in [5.74, 6) is 0.825. The van der Waals surface area contributed by atoms with E-state index in [0.717, 1.165) is 21.5 Å². The Hall–Kier alpha value is -1.13. The molecule has 0 saturated carbocycles. The van der Waals surface area contributed by atoms with Gasteiger partial charge in [-0.25, -0.2) is 0 Å². The van der Waals surface area contributed by atoms with Gasteiger partial charge in [-0.15, -0.1) is 11.3 Å². The van der Waals surface area contributed by atoms with Gasteiger partial charge < -0.3 is 4.74 Å². The van der Waals surface area contributed by atoms with E-state index < -0.39 is 0 Å². The largest absolute Gasteiger partial charge is 0.494 e. The van der Waals surface area contributed by atoms with Gasteiger partial charge in [-0.2, -0.15) is 0 Å². The van der Waals surface area contributed by atoms with Crippen molar-refractivity contribution in [1.29, 1.82) is 0 Å². The number of aryl methyl sites for hydroxylation is 1. The number of benzene rings is 1. The van der Waals surface area contributed by atoms with Crippen molar-refractivity contribution >= 4 is 33.0 Å². The lowest BCUT2D eigenvalue weighted by molar-refractivity contribution is 0.104. The van der Waals surface area contributed by atoms with Crippen LogP contribution in [0.2, 0.25) is 0 Å². The van der Waals surface area contributed by atoms with Crippen LogP contribution in [0, 0.1) is 0 Å². The summed E-state index contributed by atoms with van der Waals surface area (Å²) < 4.78 is 6.18. The van der Waals surface area contributed by atoms with Crippen LogP contribution in [0.15, 0.2) is 34.8 Å². The predicted molar refractivity (Wildman–Crippen MR) is 82.4 cm³/mol. The second-order valence-electron chi connectivity index (χ2n) is 4.02. The number of carbonyl (C=O) groups is 1. The number of rotatable bonds is 5. The average Bonchev–Trinajstić information content (AvgIpc) is 2.87. The van der Waals surface area contributed by atoms with Crippen molar-refractivity contribution < 1.29 is 9.53 Å². The lowest BCUT2D eigenvalue weighted by Crippen LogP contribution is -2.00. The summed E-state index contributed by atoms with van der Waals surface area (Å²) in [6, 6.07) is 9.39. The van der Waals surface area contributed by atoms with Crippen molar-refractivity contribution in [3.63, 3.8) is 0 Å². The molecule has 0 unspecified atom stereocenters. The highest BCUT2D eigenvalue weighted by molar-refractivity contribution is 9.10. The molecule has 2 nitrogen and oxygen atoms in total. The van der Waals surface area contributed by atoms with E-state index in [9.17, 15) is 4.79 Å². The number of carbonyl (C=O) groups excluding carboxylic acids is 1. The monoisotopic (exact) mass is 338 g/mol. The molecule has 0 aliphatic rings. The summed E-state index contributed by atoms with van der Waals surface area (Å²) >= 11 is 5.00. The zero-order chi connectivity index (χ0) is 13.8. The van der Waals surface area contributed by atoms with Gasteiger partial charge >= 0.3 is 0 Å². The maximum Gasteiger partial charge on any atom is 0.204 e. The zero-order valence-corrected chi connectivity index (χ0v) is 13.3. The molecule has 0 atom stereocenters. The predicted octanol–water partition coefficient (Wildman–Crippen LogP) is 4.70. The molecule has 1 aromatic heterocycles. The maximum absolute atomic E-state index is 12.4. The Morgan fingerprint density at radius 2 is 2.05 bits per heavy atom. The minimum atomic E-state index is 0.0552. The van der Waals surface area contributed by atoms with Crippen LogP contribution in [0.5, 0.6) is 5.75 Å². The molecule has 0 radical (unpaired) electrons. The second kappa shape index (κ2) is 6.35. The first-order valence-electron chi connectivity index (χ1n) is 6.21. The molecule has 0 aliphatic carbocycles. The Bertz CT molecular complexity index is 590. The van der Waals surface area contributed by atoms with Crippen molar-refractivity contribution in [3.8, 4) is 5.75 Å². The summed E-state index contributed by atoms with van der Waals surface area (Å²) in [7, 11) is 0. The molecule has 0 N–H and O–H groups in total. The van der Waals surface area contributed by atoms with Gasteiger partial charge in [-0.1, -0.05) is 6.92 Å². The number of ether oxygens (including phenoxy) is 1. The quantitative estimate of drug-likeness (QED) is 0.738. The standard InChI is InChI=1S/C15H15BrO2S/c1-3-11-6-8-14(19-11)15(17)12-7-5-10(18-4-2)9-13(12)16/h5-9H,3-4H2,1-2H3. The zero-order valence-electron chi connectivity index (χ0n) is 10.9. The minimum Gasteiger partial charge on any atom is -0.494 e. The number of halogens is 1. The SMILES string of the molecule is CCOc1ccc(C(=O)c2ccc(CC)s2)c(Br)c1. The summed E-state index contributed by atoms with van der Waals surface area (Å²) in [4.78, 5) is 14.4. The molecule has 0 amide bonds. The Morgan fingerprint density at radius 3 is 2.63 bits per heavy atom. The molecule has 0 aliphatic heterocycles. The fraction of sp³-hybridized carbons (Fsp3) is 0.267. The van der Waals surface area contributed by atoms with Crippen molar-refractivity contribution in [1.82, 2.24) is 0 Å². The number of hydrogen-bond acceptors (Lipinski definition) is 3. The van der Waals surface area contributed by atoms with Gasteiger partial charge in [-0.05, 0) is 59.6 Å². The van der Waals surface area contributed by atoms with Crippen LogP contribution < -0.4 is 4.74 Å². The van der Waals surface area contributed by atoms with Crippen LogP contribution in [0.4, 0.5) is 0 Å². The smallest absolute Gasteiger partial charge is 0.204 e. The summed E-state index contributed by atoms with van der Waals surface area (Å²) in [5.41, 5.74) is 0.674. The molecule has 1 aromatic carbocycles. The van der Waals surface area contributed by atoms with Gasteiger partial charge in [-0.3, -0.25) is 4.79 Å². The molecule has 0 bridgehead atoms. The van der Waals surface area contributed by atoms with Crippen LogP contribution in [0.1, 0.15) is 34.0 Å². The van der Waals surface area contributed by atoms with Crippen LogP contribution >= 0.6 is 27.3 Å². The molecule has 1 heterocycles. The Balaban J connectivity index is 2.28. The highest BCUT2D eigenvalue weighted by Crippen LogP contribution is 2.27.